The third kappa shape index (κ3) is 3.96. The van der Waals surface area contributed by atoms with Crippen LogP contribution in [0.15, 0.2) is 48.8 Å². The Labute approximate surface area is 187 Å². The van der Waals surface area contributed by atoms with Crippen LogP contribution in [-0.4, -0.2) is 43.2 Å². The lowest BCUT2D eigenvalue weighted by Gasteiger charge is -2.36. The lowest BCUT2D eigenvalue weighted by molar-refractivity contribution is -0.263. The molecular weight excluding hydrogens is 435 g/mol. The molecule has 7 nitrogen and oxygen atoms in total. The highest BCUT2D eigenvalue weighted by Crippen LogP contribution is 2.40. The Kier molecular flexibility index (Phi) is 5.46. The van der Waals surface area contributed by atoms with E-state index in [1.807, 2.05) is 6.07 Å². The Morgan fingerprint density at radius 2 is 1.97 bits per heavy atom. The van der Waals surface area contributed by atoms with Gasteiger partial charge in [-0.2, -0.15) is 18.4 Å². The van der Waals surface area contributed by atoms with Gasteiger partial charge in [0, 0.05) is 23.9 Å². The van der Waals surface area contributed by atoms with E-state index in [0.29, 0.717) is 35.0 Å². The van der Waals surface area contributed by atoms with E-state index >= 15 is 0 Å². The number of benzene rings is 1. The van der Waals surface area contributed by atoms with E-state index in [2.05, 4.69) is 9.97 Å². The highest BCUT2D eigenvalue weighted by Gasteiger charge is 2.55. The summed E-state index contributed by atoms with van der Waals surface area (Å²) in [5.41, 5.74) is -0.563. The Morgan fingerprint density at radius 3 is 2.61 bits per heavy atom. The molecule has 1 aliphatic heterocycles. The van der Waals surface area contributed by atoms with Crippen molar-refractivity contribution in [2.45, 2.75) is 38.2 Å². The summed E-state index contributed by atoms with van der Waals surface area (Å²) in [6, 6.07) is 11.7. The first-order chi connectivity index (χ1) is 15.5. The number of fused-ring (bicyclic) bond motifs is 1. The zero-order valence-electron chi connectivity index (χ0n) is 17.8. The number of amides is 1. The second-order valence-electron chi connectivity index (χ2n) is 8.17. The van der Waals surface area contributed by atoms with Crippen molar-refractivity contribution in [3.05, 3.63) is 71.4 Å². The topological polar surface area (TPSA) is 95.0 Å². The van der Waals surface area contributed by atoms with Crippen molar-refractivity contribution in [3.8, 4) is 17.3 Å². The summed E-state index contributed by atoms with van der Waals surface area (Å²) in [6.45, 7) is 2.57. The standard InChI is InChI=1S/C23H20F3N5O2/c1-14-12-30(13-18-11-29-21(31(14)18)22(2,33)23(24,25)26)20(32)17-5-3-4-16(8-17)19-7-6-15(9-27)10-28-19/h3-8,10-11,14,33H,12-13H2,1-2H3/t14-,22+/m0/s1. The van der Waals surface area contributed by atoms with Crippen LogP contribution >= 0.6 is 0 Å². The molecule has 0 fully saturated rings. The zero-order valence-corrected chi connectivity index (χ0v) is 17.8. The normalized spacial score (nSPS) is 17.7. The molecule has 0 bridgehead atoms. The van der Waals surface area contributed by atoms with Gasteiger partial charge in [-0.05, 0) is 38.1 Å². The molecule has 2 atom stereocenters. The second-order valence-corrected chi connectivity index (χ2v) is 8.17. The summed E-state index contributed by atoms with van der Waals surface area (Å²) in [5, 5.41) is 19.0. The SMILES string of the molecule is C[C@H]1CN(C(=O)c2cccc(-c3ccc(C#N)cn3)c2)Cc2cnc([C@@](C)(O)C(F)(F)F)n21. The maximum absolute atomic E-state index is 13.4. The smallest absolute Gasteiger partial charge is 0.374 e. The van der Waals surface area contributed by atoms with Gasteiger partial charge in [0.15, 0.2) is 5.82 Å². The number of nitriles is 1. The summed E-state index contributed by atoms with van der Waals surface area (Å²) in [6.07, 6.45) is -2.17. The summed E-state index contributed by atoms with van der Waals surface area (Å²) in [5.74, 6) is -0.771. The number of hydrogen-bond donors (Lipinski definition) is 1. The third-order valence-electron chi connectivity index (χ3n) is 5.72. The summed E-state index contributed by atoms with van der Waals surface area (Å²) in [4.78, 5) is 22.8. The van der Waals surface area contributed by atoms with Gasteiger partial charge >= 0.3 is 6.18 Å². The van der Waals surface area contributed by atoms with Crippen molar-refractivity contribution < 1.29 is 23.1 Å². The van der Waals surface area contributed by atoms with Gasteiger partial charge in [-0.3, -0.25) is 9.78 Å². The van der Waals surface area contributed by atoms with Crippen molar-refractivity contribution in [3.63, 3.8) is 0 Å². The van der Waals surface area contributed by atoms with Crippen LogP contribution in [0.2, 0.25) is 0 Å². The fourth-order valence-corrected chi connectivity index (χ4v) is 3.93. The van der Waals surface area contributed by atoms with E-state index in [9.17, 15) is 23.1 Å². The highest BCUT2D eigenvalue weighted by atomic mass is 19.4. The molecule has 0 radical (unpaired) electrons. The predicted octanol–water partition coefficient (Wildman–Crippen LogP) is 3.80. The minimum atomic E-state index is -4.89. The lowest BCUT2D eigenvalue weighted by Crippen LogP contribution is -2.45. The fourth-order valence-electron chi connectivity index (χ4n) is 3.93. The predicted molar refractivity (Wildman–Crippen MR) is 112 cm³/mol. The number of pyridine rings is 1. The monoisotopic (exact) mass is 455 g/mol. The second kappa shape index (κ2) is 8.01. The summed E-state index contributed by atoms with van der Waals surface area (Å²) < 4.78 is 41.4. The van der Waals surface area contributed by atoms with Gasteiger partial charge < -0.3 is 14.6 Å². The molecule has 170 valence electrons. The molecule has 1 aromatic carbocycles. The van der Waals surface area contributed by atoms with Crippen molar-refractivity contribution in [1.29, 1.82) is 5.26 Å². The minimum absolute atomic E-state index is 0.0590. The van der Waals surface area contributed by atoms with Crippen LogP contribution in [0.3, 0.4) is 0 Å². The van der Waals surface area contributed by atoms with Gasteiger partial charge in [-0.1, -0.05) is 12.1 Å². The Hall–Kier alpha value is -3.71. The van der Waals surface area contributed by atoms with Gasteiger partial charge in [-0.25, -0.2) is 4.98 Å². The number of alkyl halides is 3. The number of hydrogen-bond acceptors (Lipinski definition) is 5. The number of carbonyl (C=O) groups excluding carboxylic acids is 1. The van der Waals surface area contributed by atoms with Crippen molar-refractivity contribution >= 4 is 5.91 Å². The molecule has 0 aliphatic carbocycles. The first kappa shape index (κ1) is 22.5. The largest absolute Gasteiger partial charge is 0.424 e. The molecule has 33 heavy (non-hydrogen) atoms. The number of carbonyl (C=O) groups is 1. The molecule has 4 rings (SSSR count). The van der Waals surface area contributed by atoms with Crippen LogP contribution < -0.4 is 0 Å². The quantitative estimate of drug-likeness (QED) is 0.648. The van der Waals surface area contributed by atoms with Crippen molar-refractivity contribution in [2.75, 3.05) is 6.54 Å². The Bertz CT molecular complexity index is 1240. The molecule has 3 aromatic rings. The van der Waals surface area contributed by atoms with Gasteiger partial charge in [0.05, 0.1) is 35.7 Å². The van der Waals surface area contributed by atoms with Gasteiger partial charge in [-0.15, -0.1) is 0 Å². The highest BCUT2D eigenvalue weighted by molar-refractivity contribution is 5.95. The maximum Gasteiger partial charge on any atom is 0.424 e. The van der Waals surface area contributed by atoms with Gasteiger partial charge in [0.1, 0.15) is 6.07 Å². The number of aromatic nitrogens is 3. The molecule has 0 unspecified atom stereocenters. The summed E-state index contributed by atoms with van der Waals surface area (Å²) in [7, 11) is 0. The van der Waals surface area contributed by atoms with Crippen LogP contribution in [0.25, 0.3) is 11.3 Å². The molecular formula is C23H20F3N5O2. The fraction of sp³-hybridized carbons (Fsp3) is 0.304. The van der Waals surface area contributed by atoms with Gasteiger partial charge in [0.25, 0.3) is 5.91 Å². The maximum atomic E-state index is 13.4. The molecule has 1 amide bonds. The number of imidazole rings is 1. The number of nitrogens with zero attached hydrogens (tertiary/aromatic N) is 5. The van der Waals surface area contributed by atoms with E-state index in [4.69, 9.17) is 5.26 Å². The van der Waals surface area contributed by atoms with E-state index in [1.165, 1.54) is 17.0 Å². The molecule has 1 N–H and O–H groups in total. The van der Waals surface area contributed by atoms with Crippen LogP contribution in [0.5, 0.6) is 0 Å². The average Bonchev–Trinajstić information content (AvgIpc) is 3.23. The number of halogens is 3. The zero-order chi connectivity index (χ0) is 24.0. The molecule has 3 heterocycles. The van der Waals surface area contributed by atoms with E-state index < -0.39 is 23.6 Å². The number of aliphatic hydroxyl groups is 1. The molecule has 0 saturated heterocycles. The first-order valence-corrected chi connectivity index (χ1v) is 10.1. The summed E-state index contributed by atoms with van der Waals surface area (Å²) >= 11 is 0. The minimum Gasteiger partial charge on any atom is -0.374 e. The molecule has 0 saturated carbocycles. The van der Waals surface area contributed by atoms with E-state index in [-0.39, 0.29) is 19.0 Å². The van der Waals surface area contributed by atoms with Crippen LogP contribution in [0.1, 0.15) is 47.3 Å². The van der Waals surface area contributed by atoms with Crippen molar-refractivity contribution in [1.82, 2.24) is 19.4 Å². The first-order valence-electron chi connectivity index (χ1n) is 10.1. The molecule has 10 heteroatoms. The molecule has 0 spiro atoms. The van der Waals surface area contributed by atoms with E-state index in [1.54, 1.807) is 48.2 Å². The average molecular weight is 455 g/mol. The Morgan fingerprint density at radius 1 is 1.21 bits per heavy atom. The van der Waals surface area contributed by atoms with Crippen LogP contribution in [-0.2, 0) is 12.1 Å². The third-order valence-corrected chi connectivity index (χ3v) is 5.72. The van der Waals surface area contributed by atoms with E-state index in [0.717, 1.165) is 0 Å². The Balaban J connectivity index is 1.60. The number of rotatable bonds is 3. The van der Waals surface area contributed by atoms with Crippen molar-refractivity contribution in [2.24, 2.45) is 0 Å². The lowest BCUT2D eigenvalue weighted by atomic mass is 10.0. The molecule has 2 aromatic heterocycles. The molecule has 1 aliphatic rings. The van der Waals surface area contributed by atoms with Crippen LogP contribution in [0.4, 0.5) is 13.2 Å². The van der Waals surface area contributed by atoms with Crippen LogP contribution in [0, 0.1) is 11.3 Å². The van der Waals surface area contributed by atoms with Gasteiger partial charge in [0.2, 0.25) is 5.60 Å².